The second kappa shape index (κ2) is 3.79. The van der Waals surface area contributed by atoms with Crippen LogP contribution in [0.1, 0.15) is 26.2 Å². The highest BCUT2D eigenvalue weighted by atomic mass is 32.2. The number of nitrogens with one attached hydrogen (secondary N) is 2. The Bertz CT molecular complexity index is 298. The average Bonchev–Trinajstić information content (AvgIpc) is 2.91. The Hall–Kier alpha value is -0.130. The number of sulfonamides is 1. The summed E-state index contributed by atoms with van der Waals surface area (Å²) in [7, 11) is -3.00. The van der Waals surface area contributed by atoms with E-state index in [1.54, 1.807) is 0 Å². The Kier molecular flexibility index (Phi) is 2.81. The predicted molar refractivity (Wildman–Crippen MR) is 55.5 cm³/mol. The van der Waals surface area contributed by atoms with Crippen molar-refractivity contribution in [3.8, 4) is 0 Å². The van der Waals surface area contributed by atoms with Crippen molar-refractivity contribution in [2.75, 3.05) is 13.1 Å². The van der Waals surface area contributed by atoms with Crippen molar-refractivity contribution in [1.82, 2.24) is 10.0 Å². The average molecular weight is 218 g/mol. The fraction of sp³-hybridized carbons (Fsp3) is 1.00. The molecule has 5 heteroatoms. The maximum absolute atomic E-state index is 11.7. The second-order valence-electron chi connectivity index (χ2n) is 4.44. The van der Waals surface area contributed by atoms with Gasteiger partial charge in [0.05, 0.1) is 5.25 Å². The Labute approximate surface area is 85.5 Å². The molecule has 0 bridgehead atoms. The smallest absolute Gasteiger partial charge is 0.214 e. The van der Waals surface area contributed by atoms with Gasteiger partial charge in [-0.2, -0.15) is 0 Å². The van der Waals surface area contributed by atoms with E-state index < -0.39 is 10.0 Å². The van der Waals surface area contributed by atoms with Crippen molar-refractivity contribution in [2.45, 2.75) is 37.5 Å². The first-order valence-corrected chi connectivity index (χ1v) is 6.86. The summed E-state index contributed by atoms with van der Waals surface area (Å²) in [6.45, 7) is 3.92. The third kappa shape index (κ3) is 2.27. The van der Waals surface area contributed by atoms with Crippen molar-refractivity contribution in [3.05, 3.63) is 0 Å². The van der Waals surface area contributed by atoms with Crippen LogP contribution in [-0.4, -0.2) is 32.8 Å². The lowest BCUT2D eigenvalue weighted by atomic mass is 9.97. The van der Waals surface area contributed by atoms with Gasteiger partial charge >= 0.3 is 0 Å². The molecule has 2 atom stereocenters. The van der Waals surface area contributed by atoms with Crippen LogP contribution < -0.4 is 10.0 Å². The molecular formula is C9H18N2O2S. The predicted octanol–water partition coefficient (Wildman–Crippen LogP) is 0.0662. The molecule has 2 fully saturated rings. The van der Waals surface area contributed by atoms with Crippen LogP contribution >= 0.6 is 0 Å². The molecule has 1 heterocycles. The van der Waals surface area contributed by atoms with E-state index in [2.05, 4.69) is 17.0 Å². The summed E-state index contributed by atoms with van der Waals surface area (Å²) < 4.78 is 26.2. The first-order valence-electron chi connectivity index (χ1n) is 5.31. The van der Waals surface area contributed by atoms with Crippen LogP contribution in [0.3, 0.4) is 0 Å². The maximum atomic E-state index is 11.7. The van der Waals surface area contributed by atoms with Gasteiger partial charge in [0, 0.05) is 6.04 Å². The van der Waals surface area contributed by atoms with Gasteiger partial charge in [0.2, 0.25) is 10.0 Å². The van der Waals surface area contributed by atoms with Crippen molar-refractivity contribution >= 4 is 10.0 Å². The SMILES string of the molecule is CC1CNCCC1NS(=O)(=O)C1CC1. The van der Waals surface area contributed by atoms with E-state index in [9.17, 15) is 8.42 Å². The van der Waals surface area contributed by atoms with E-state index in [1.165, 1.54) is 0 Å². The topological polar surface area (TPSA) is 58.2 Å². The molecule has 0 aromatic rings. The van der Waals surface area contributed by atoms with Crippen molar-refractivity contribution in [3.63, 3.8) is 0 Å². The number of rotatable bonds is 3. The minimum Gasteiger partial charge on any atom is -0.316 e. The molecule has 1 aliphatic carbocycles. The highest BCUT2D eigenvalue weighted by Gasteiger charge is 2.38. The van der Waals surface area contributed by atoms with Gasteiger partial charge in [-0.25, -0.2) is 13.1 Å². The molecule has 2 N–H and O–H groups in total. The van der Waals surface area contributed by atoms with Crippen LogP contribution in [0.2, 0.25) is 0 Å². The van der Waals surface area contributed by atoms with Crippen LogP contribution in [0.25, 0.3) is 0 Å². The van der Waals surface area contributed by atoms with Crippen LogP contribution in [0, 0.1) is 5.92 Å². The quantitative estimate of drug-likeness (QED) is 0.704. The third-order valence-electron chi connectivity index (χ3n) is 3.06. The van der Waals surface area contributed by atoms with Gasteiger partial charge in [-0.1, -0.05) is 6.92 Å². The Balaban J connectivity index is 1.95. The summed E-state index contributed by atoms with van der Waals surface area (Å²) in [5, 5.41) is 3.17. The number of piperidine rings is 1. The zero-order chi connectivity index (χ0) is 10.2. The molecule has 14 heavy (non-hydrogen) atoms. The lowest BCUT2D eigenvalue weighted by molar-refractivity contribution is 0.328. The van der Waals surface area contributed by atoms with E-state index in [1.807, 2.05) is 0 Å². The molecule has 0 spiro atoms. The largest absolute Gasteiger partial charge is 0.316 e. The molecule has 4 nitrogen and oxygen atoms in total. The van der Waals surface area contributed by atoms with Gasteiger partial charge in [0.1, 0.15) is 0 Å². The monoisotopic (exact) mass is 218 g/mol. The lowest BCUT2D eigenvalue weighted by Crippen LogP contribution is -2.49. The molecule has 1 aliphatic heterocycles. The van der Waals surface area contributed by atoms with Crippen LogP contribution in [-0.2, 0) is 10.0 Å². The van der Waals surface area contributed by atoms with E-state index in [-0.39, 0.29) is 11.3 Å². The van der Waals surface area contributed by atoms with Crippen LogP contribution in [0.4, 0.5) is 0 Å². The summed E-state index contributed by atoms with van der Waals surface area (Å²) >= 11 is 0. The van der Waals surface area contributed by atoms with Gasteiger partial charge in [-0.15, -0.1) is 0 Å². The highest BCUT2D eigenvalue weighted by molar-refractivity contribution is 7.90. The van der Waals surface area contributed by atoms with Gasteiger partial charge in [-0.05, 0) is 38.3 Å². The zero-order valence-corrected chi connectivity index (χ0v) is 9.31. The van der Waals surface area contributed by atoms with Gasteiger partial charge in [-0.3, -0.25) is 0 Å². The minimum absolute atomic E-state index is 0.0930. The normalized spacial score (nSPS) is 34.4. The summed E-state index contributed by atoms with van der Waals surface area (Å²) in [5.74, 6) is 0.400. The third-order valence-corrected chi connectivity index (χ3v) is 5.04. The van der Waals surface area contributed by atoms with E-state index >= 15 is 0 Å². The fourth-order valence-electron chi connectivity index (χ4n) is 1.87. The van der Waals surface area contributed by atoms with Crippen LogP contribution in [0.15, 0.2) is 0 Å². The molecule has 2 unspecified atom stereocenters. The van der Waals surface area contributed by atoms with E-state index in [4.69, 9.17) is 0 Å². The molecule has 82 valence electrons. The molecule has 1 saturated carbocycles. The van der Waals surface area contributed by atoms with Crippen molar-refractivity contribution in [2.24, 2.45) is 5.92 Å². The molecule has 0 radical (unpaired) electrons. The standard InChI is InChI=1S/C9H18N2O2S/c1-7-6-10-5-4-9(7)11-14(12,13)8-2-3-8/h7-11H,2-6H2,1H3. The summed E-state index contributed by atoms with van der Waals surface area (Å²) in [6.07, 6.45) is 2.59. The van der Waals surface area contributed by atoms with Crippen LogP contribution in [0.5, 0.6) is 0 Å². The zero-order valence-electron chi connectivity index (χ0n) is 8.49. The lowest BCUT2D eigenvalue weighted by Gasteiger charge is -2.29. The Morgan fingerprint density at radius 2 is 2.00 bits per heavy atom. The Morgan fingerprint density at radius 3 is 2.57 bits per heavy atom. The van der Waals surface area contributed by atoms with E-state index in [0.29, 0.717) is 5.92 Å². The van der Waals surface area contributed by atoms with Gasteiger partial charge in [0.15, 0.2) is 0 Å². The summed E-state index contributed by atoms with van der Waals surface area (Å²) in [4.78, 5) is 0. The number of hydrogen-bond donors (Lipinski definition) is 2. The van der Waals surface area contributed by atoms with Gasteiger partial charge < -0.3 is 5.32 Å². The first-order chi connectivity index (χ1) is 6.59. The first kappa shape index (κ1) is 10.4. The summed E-state index contributed by atoms with van der Waals surface area (Å²) in [6, 6.07) is 0.141. The van der Waals surface area contributed by atoms with Crippen molar-refractivity contribution in [1.29, 1.82) is 0 Å². The Morgan fingerprint density at radius 1 is 1.29 bits per heavy atom. The molecule has 2 aliphatic rings. The molecule has 0 aromatic carbocycles. The molecular weight excluding hydrogens is 200 g/mol. The van der Waals surface area contributed by atoms with Crippen molar-refractivity contribution < 1.29 is 8.42 Å². The molecule has 0 aromatic heterocycles. The second-order valence-corrected chi connectivity index (χ2v) is 6.43. The highest BCUT2D eigenvalue weighted by Crippen LogP contribution is 2.28. The molecule has 0 amide bonds. The van der Waals surface area contributed by atoms with Gasteiger partial charge in [0.25, 0.3) is 0 Å². The fourth-order valence-corrected chi connectivity index (χ4v) is 3.60. The minimum atomic E-state index is -3.00. The molecule has 2 rings (SSSR count). The molecule has 1 saturated heterocycles. The van der Waals surface area contributed by atoms with E-state index in [0.717, 1.165) is 32.4 Å². The maximum Gasteiger partial charge on any atom is 0.214 e. The summed E-state index contributed by atoms with van der Waals surface area (Å²) in [5.41, 5.74) is 0. The number of hydrogen-bond acceptors (Lipinski definition) is 3.